The second-order valence-corrected chi connectivity index (χ2v) is 5.21. The SMILES string of the molecule is CCOC(=O)CCc1ccc(C2CCNCC2O)cc1. The predicted molar refractivity (Wildman–Crippen MR) is 77.6 cm³/mol. The van der Waals surface area contributed by atoms with Gasteiger partial charge in [-0.05, 0) is 37.4 Å². The number of esters is 1. The highest BCUT2D eigenvalue weighted by atomic mass is 16.5. The van der Waals surface area contributed by atoms with E-state index in [9.17, 15) is 9.90 Å². The first kappa shape index (κ1) is 15.0. The number of nitrogens with one attached hydrogen (secondary N) is 1. The Bertz CT molecular complexity index is 430. The lowest BCUT2D eigenvalue weighted by Crippen LogP contribution is -2.39. The number of piperidine rings is 1. The van der Waals surface area contributed by atoms with Gasteiger partial charge in [-0.3, -0.25) is 4.79 Å². The van der Waals surface area contributed by atoms with E-state index in [0.29, 0.717) is 26.0 Å². The van der Waals surface area contributed by atoms with Crippen molar-refractivity contribution in [3.05, 3.63) is 35.4 Å². The zero-order chi connectivity index (χ0) is 14.4. The lowest BCUT2D eigenvalue weighted by molar-refractivity contribution is -0.143. The lowest BCUT2D eigenvalue weighted by Gasteiger charge is -2.28. The maximum absolute atomic E-state index is 11.3. The summed E-state index contributed by atoms with van der Waals surface area (Å²) in [5.41, 5.74) is 2.31. The van der Waals surface area contributed by atoms with Gasteiger partial charge in [0.2, 0.25) is 0 Å². The van der Waals surface area contributed by atoms with Crippen LogP contribution in [0.2, 0.25) is 0 Å². The fourth-order valence-electron chi connectivity index (χ4n) is 2.64. The average molecular weight is 277 g/mol. The summed E-state index contributed by atoms with van der Waals surface area (Å²) in [5, 5.41) is 13.2. The normalized spacial score (nSPS) is 22.5. The standard InChI is InChI=1S/C16H23NO3/c1-2-20-16(19)8-5-12-3-6-13(7-4-12)14-9-10-17-11-15(14)18/h3-4,6-7,14-15,17-18H,2,5,8-11H2,1H3. The van der Waals surface area contributed by atoms with Crippen LogP contribution in [0.1, 0.15) is 36.8 Å². The van der Waals surface area contributed by atoms with Crippen molar-refractivity contribution in [1.82, 2.24) is 5.32 Å². The summed E-state index contributed by atoms with van der Waals surface area (Å²) in [6.45, 7) is 3.87. The van der Waals surface area contributed by atoms with Crippen LogP contribution in [0.3, 0.4) is 0 Å². The van der Waals surface area contributed by atoms with E-state index in [-0.39, 0.29) is 18.0 Å². The zero-order valence-corrected chi connectivity index (χ0v) is 12.0. The molecule has 0 bridgehead atoms. The lowest BCUT2D eigenvalue weighted by atomic mass is 9.87. The van der Waals surface area contributed by atoms with Crippen molar-refractivity contribution in [2.45, 2.75) is 38.2 Å². The van der Waals surface area contributed by atoms with Crippen molar-refractivity contribution < 1.29 is 14.6 Å². The van der Waals surface area contributed by atoms with E-state index in [1.54, 1.807) is 0 Å². The predicted octanol–water partition coefficient (Wildman–Crippen LogP) is 1.62. The van der Waals surface area contributed by atoms with E-state index in [0.717, 1.165) is 18.5 Å². The molecular weight excluding hydrogens is 254 g/mol. The van der Waals surface area contributed by atoms with Gasteiger partial charge in [-0.2, -0.15) is 0 Å². The molecule has 4 heteroatoms. The number of ether oxygens (including phenoxy) is 1. The number of aliphatic hydroxyl groups excluding tert-OH is 1. The summed E-state index contributed by atoms with van der Waals surface area (Å²) in [4.78, 5) is 11.3. The first-order chi connectivity index (χ1) is 9.70. The summed E-state index contributed by atoms with van der Waals surface area (Å²) in [5.74, 6) is 0.0701. The van der Waals surface area contributed by atoms with E-state index in [4.69, 9.17) is 4.74 Å². The van der Waals surface area contributed by atoms with Gasteiger partial charge in [-0.15, -0.1) is 0 Å². The van der Waals surface area contributed by atoms with Gasteiger partial charge in [-0.25, -0.2) is 0 Å². The van der Waals surface area contributed by atoms with Crippen molar-refractivity contribution in [2.75, 3.05) is 19.7 Å². The van der Waals surface area contributed by atoms with Crippen LogP contribution in [-0.4, -0.2) is 36.9 Å². The molecule has 1 saturated heterocycles. The number of aliphatic hydroxyl groups is 1. The maximum atomic E-state index is 11.3. The Morgan fingerprint density at radius 1 is 1.40 bits per heavy atom. The third-order valence-corrected chi connectivity index (χ3v) is 3.78. The van der Waals surface area contributed by atoms with E-state index in [2.05, 4.69) is 17.4 Å². The average Bonchev–Trinajstić information content (AvgIpc) is 2.47. The Morgan fingerprint density at radius 3 is 2.80 bits per heavy atom. The third-order valence-electron chi connectivity index (χ3n) is 3.78. The molecule has 20 heavy (non-hydrogen) atoms. The van der Waals surface area contributed by atoms with Crippen LogP contribution in [0.4, 0.5) is 0 Å². The monoisotopic (exact) mass is 277 g/mol. The molecule has 2 N–H and O–H groups in total. The van der Waals surface area contributed by atoms with Crippen LogP contribution < -0.4 is 5.32 Å². The van der Waals surface area contributed by atoms with Gasteiger partial charge in [-0.1, -0.05) is 24.3 Å². The number of β-amino-alcohol motifs (C(OH)–C–C–N with tert-alkyl or cyclic N) is 1. The van der Waals surface area contributed by atoms with Crippen LogP contribution in [0.15, 0.2) is 24.3 Å². The molecular formula is C16H23NO3. The summed E-state index contributed by atoms with van der Waals surface area (Å²) in [7, 11) is 0. The van der Waals surface area contributed by atoms with Gasteiger partial charge in [0, 0.05) is 18.9 Å². The van der Waals surface area contributed by atoms with E-state index in [1.807, 2.05) is 19.1 Å². The molecule has 1 aromatic rings. The molecule has 0 saturated carbocycles. The molecule has 2 rings (SSSR count). The number of aryl methyl sites for hydroxylation is 1. The van der Waals surface area contributed by atoms with Crippen LogP contribution >= 0.6 is 0 Å². The fourth-order valence-corrected chi connectivity index (χ4v) is 2.64. The van der Waals surface area contributed by atoms with Gasteiger partial charge in [0.05, 0.1) is 12.7 Å². The quantitative estimate of drug-likeness (QED) is 0.803. The number of hydrogen-bond donors (Lipinski definition) is 2. The summed E-state index contributed by atoms with van der Waals surface area (Å²) < 4.78 is 4.92. The van der Waals surface area contributed by atoms with Crippen molar-refractivity contribution in [3.63, 3.8) is 0 Å². The summed E-state index contributed by atoms with van der Waals surface area (Å²) in [6.07, 6.45) is 1.77. The molecule has 0 spiro atoms. The molecule has 0 aromatic heterocycles. The minimum atomic E-state index is -0.311. The van der Waals surface area contributed by atoms with Crippen molar-refractivity contribution >= 4 is 5.97 Å². The van der Waals surface area contributed by atoms with Crippen LogP contribution in [0.5, 0.6) is 0 Å². The Hall–Kier alpha value is -1.39. The Morgan fingerprint density at radius 2 is 2.15 bits per heavy atom. The minimum absolute atomic E-state index is 0.148. The van der Waals surface area contributed by atoms with Gasteiger partial charge in [0.1, 0.15) is 0 Å². The maximum Gasteiger partial charge on any atom is 0.306 e. The molecule has 0 radical (unpaired) electrons. The Kier molecular flexibility index (Phi) is 5.56. The smallest absolute Gasteiger partial charge is 0.306 e. The van der Waals surface area contributed by atoms with Crippen LogP contribution in [0, 0.1) is 0 Å². The number of rotatable bonds is 5. The van der Waals surface area contributed by atoms with Crippen molar-refractivity contribution in [2.24, 2.45) is 0 Å². The van der Waals surface area contributed by atoms with Gasteiger partial charge in [0.15, 0.2) is 0 Å². The topological polar surface area (TPSA) is 58.6 Å². The number of hydrogen-bond acceptors (Lipinski definition) is 4. The molecule has 110 valence electrons. The second-order valence-electron chi connectivity index (χ2n) is 5.21. The highest BCUT2D eigenvalue weighted by Crippen LogP contribution is 2.25. The summed E-state index contributed by atoms with van der Waals surface area (Å²) in [6, 6.07) is 8.23. The highest BCUT2D eigenvalue weighted by Gasteiger charge is 2.24. The Labute approximate surface area is 120 Å². The molecule has 2 unspecified atom stereocenters. The Balaban J connectivity index is 1.90. The number of carbonyl (C=O) groups is 1. The highest BCUT2D eigenvalue weighted by molar-refractivity contribution is 5.69. The van der Waals surface area contributed by atoms with Crippen LogP contribution in [0.25, 0.3) is 0 Å². The van der Waals surface area contributed by atoms with Gasteiger partial charge >= 0.3 is 5.97 Å². The zero-order valence-electron chi connectivity index (χ0n) is 12.0. The van der Waals surface area contributed by atoms with Gasteiger partial charge in [0.25, 0.3) is 0 Å². The number of benzene rings is 1. The molecule has 0 aliphatic carbocycles. The molecule has 0 amide bonds. The largest absolute Gasteiger partial charge is 0.466 e. The molecule has 1 aliphatic heterocycles. The second kappa shape index (κ2) is 7.41. The van der Waals surface area contributed by atoms with Gasteiger partial charge < -0.3 is 15.2 Å². The molecule has 4 nitrogen and oxygen atoms in total. The molecule has 1 aromatic carbocycles. The first-order valence-electron chi connectivity index (χ1n) is 7.34. The van der Waals surface area contributed by atoms with E-state index >= 15 is 0 Å². The molecule has 1 aliphatic rings. The van der Waals surface area contributed by atoms with E-state index in [1.165, 1.54) is 5.56 Å². The minimum Gasteiger partial charge on any atom is -0.466 e. The summed E-state index contributed by atoms with van der Waals surface area (Å²) >= 11 is 0. The molecule has 2 atom stereocenters. The van der Waals surface area contributed by atoms with Crippen LogP contribution in [-0.2, 0) is 16.0 Å². The van der Waals surface area contributed by atoms with E-state index < -0.39 is 0 Å². The van der Waals surface area contributed by atoms with Crippen molar-refractivity contribution in [3.8, 4) is 0 Å². The number of carbonyl (C=O) groups excluding carboxylic acids is 1. The first-order valence-corrected chi connectivity index (χ1v) is 7.34. The third kappa shape index (κ3) is 4.05. The van der Waals surface area contributed by atoms with Crippen molar-refractivity contribution in [1.29, 1.82) is 0 Å². The fraction of sp³-hybridized carbons (Fsp3) is 0.562. The molecule has 1 heterocycles. The molecule has 1 fully saturated rings.